The van der Waals surface area contributed by atoms with Crippen molar-refractivity contribution in [3.05, 3.63) is 29.6 Å². The molecule has 94 valence electrons. The highest BCUT2D eigenvalue weighted by Crippen LogP contribution is 2.20. The van der Waals surface area contributed by atoms with Crippen LogP contribution in [0.4, 0.5) is 4.39 Å². The zero-order valence-corrected chi connectivity index (χ0v) is 9.64. The van der Waals surface area contributed by atoms with Crippen molar-refractivity contribution in [1.29, 1.82) is 0 Å². The zero-order valence-electron chi connectivity index (χ0n) is 9.64. The van der Waals surface area contributed by atoms with Gasteiger partial charge in [-0.15, -0.1) is 0 Å². The molecule has 1 fully saturated rings. The molecule has 0 bridgehead atoms. The van der Waals surface area contributed by atoms with Gasteiger partial charge >= 0.3 is 0 Å². The molecule has 4 nitrogen and oxygen atoms in total. The number of hydrogen-bond donors (Lipinski definition) is 2. The Kier molecular flexibility index (Phi) is 3.61. The fraction of sp³-hybridized carbons (Fsp3) is 0.500. The summed E-state index contributed by atoms with van der Waals surface area (Å²) in [5, 5.41) is 18.8. The molecule has 1 aliphatic rings. The molecular weight excluding hydrogens is 225 g/mol. The second-order valence-electron chi connectivity index (χ2n) is 4.30. The molecule has 2 rings (SSSR count). The first kappa shape index (κ1) is 12.3. The van der Waals surface area contributed by atoms with Crippen molar-refractivity contribution in [3.63, 3.8) is 0 Å². The van der Waals surface area contributed by atoms with Crippen LogP contribution in [0.1, 0.15) is 5.56 Å². The van der Waals surface area contributed by atoms with E-state index in [9.17, 15) is 14.6 Å². The van der Waals surface area contributed by atoms with Gasteiger partial charge < -0.3 is 14.9 Å². The molecule has 0 unspecified atom stereocenters. The lowest BCUT2D eigenvalue weighted by molar-refractivity contribution is 0.0572. The average Bonchev–Trinajstić information content (AvgIpc) is 2.58. The number of β-amino-alcohol motifs (C(OH)–C–C–N with tert-alkyl or cyclic N) is 2. The Labute approximate surface area is 99.2 Å². The van der Waals surface area contributed by atoms with Gasteiger partial charge in [0.1, 0.15) is 0 Å². The van der Waals surface area contributed by atoms with Gasteiger partial charge in [0.2, 0.25) is 0 Å². The predicted octanol–water partition coefficient (Wildman–Crippen LogP) is 0.372. The molecule has 5 heteroatoms. The molecular formula is C12H16FNO3. The van der Waals surface area contributed by atoms with Crippen LogP contribution >= 0.6 is 0 Å². The fourth-order valence-electron chi connectivity index (χ4n) is 2.04. The van der Waals surface area contributed by atoms with E-state index in [0.717, 1.165) is 5.56 Å². The molecule has 2 N–H and O–H groups in total. The predicted molar refractivity (Wildman–Crippen MR) is 60.2 cm³/mol. The van der Waals surface area contributed by atoms with E-state index in [2.05, 4.69) is 0 Å². The Balaban J connectivity index is 2.02. The first-order valence-corrected chi connectivity index (χ1v) is 5.51. The largest absolute Gasteiger partial charge is 0.494 e. The highest BCUT2D eigenvalue weighted by molar-refractivity contribution is 5.29. The maximum absolute atomic E-state index is 13.4. The molecule has 0 aliphatic carbocycles. The Morgan fingerprint density at radius 3 is 2.53 bits per heavy atom. The summed E-state index contributed by atoms with van der Waals surface area (Å²) in [6.07, 6.45) is -1.42. The van der Waals surface area contributed by atoms with E-state index < -0.39 is 18.0 Å². The molecule has 17 heavy (non-hydrogen) atoms. The van der Waals surface area contributed by atoms with Crippen LogP contribution in [-0.2, 0) is 6.54 Å². The topological polar surface area (TPSA) is 52.9 Å². The summed E-state index contributed by atoms with van der Waals surface area (Å²) in [5.74, 6) is -0.180. The van der Waals surface area contributed by atoms with Crippen LogP contribution < -0.4 is 4.74 Å². The van der Waals surface area contributed by atoms with Crippen LogP contribution in [0.2, 0.25) is 0 Å². The van der Waals surface area contributed by atoms with Gasteiger partial charge in [-0.05, 0) is 17.7 Å². The highest BCUT2D eigenvalue weighted by atomic mass is 19.1. The maximum atomic E-state index is 13.4. The summed E-state index contributed by atoms with van der Waals surface area (Å²) in [4.78, 5) is 1.89. The highest BCUT2D eigenvalue weighted by Gasteiger charge is 2.29. The van der Waals surface area contributed by atoms with Crippen molar-refractivity contribution >= 4 is 0 Å². The maximum Gasteiger partial charge on any atom is 0.165 e. The molecule has 2 atom stereocenters. The van der Waals surface area contributed by atoms with E-state index in [-0.39, 0.29) is 5.75 Å². The number of halogens is 1. The van der Waals surface area contributed by atoms with Crippen LogP contribution in [0, 0.1) is 5.82 Å². The molecule has 0 radical (unpaired) electrons. The number of aliphatic hydroxyl groups excluding tert-OH is 2. The number of nitrogens with zero attached hydrogens (tertiary/aromatic N) is 1. The molecule has 1 aromatic carbocycles. The number of aliphatic hydroxyl groups is 2. The number of ether oxygens (including phenoxy) is 1. The number of likely N-dealkylation sites (tertiary alicyclic amines) is 1. The minimum Gasteiger partial charge on any atom is -0.494 e. The van der Waals surface area contributed by atoms with E-state index in [1.165, 1.54) is 13.2 Å². The van der Waals surface area contributed by atoms with Gasteiger partial charge in [-0.25, -0.2) is 4.39 Å². The van der Waals surface area contributed by atoms with Crippen molar-refractivity contribution in [3.8, 4) is 5.75 Å². The van der Waals surface area contributed by atoms with Crippen LogP contribution in [0.25, 0.3) is 0 Å². The molecule has 0 spiro atoms. The summed E-state index contributed by atoms with van der Waals surface area (Å²) < 4.78 is 18.3. The monoisotopic (exact) mass is 241 g/mol. The number of hydrogen-bond acceptors (Lipinski definition) is 4. The quantitative estimate of drug-likeness (QED) is 0.803. The van der Waals surface area contributed by atoms with Crippen molar-refractivity contribution in [2.75, 3.05) is 20.2 Å². The zero-order chi connectivity index (χ0) is 12.4. The van der Waals surface area contributed by atoms with Gasteiger partial charge in [0.25, 0.3) is 0 Å². The second kappa shape index (κ2) is 5.00. The minimum atomic E-state index is -0.710. The summed E-state index contributed by atoms with van der Waals surface area (Å²) >= 11 is 0. The van der Waals surface area contributed by atoms with Crippen molar-refractivity contribution in [1.82, 2.24) is 4.90 Å². The van der Waals surface area contributed by atoms with E-state index in [4.69, 9.17) is 4.74 Å². The molecule has 1 aliphatic heterocycles. The molecule has 1 saturated heterocycles. The Morgan fingerprint density at radius 1 is 1.35 bits per heavy atom. The third-order valence-corrected chi connectivity index (χ3v) is 2.96. The Morgan fingerprint density at radius 2 is 2.00 bits per heavy atom. The van der Waals surface area contributed by atoms with E-state index in [1.807, 2.05) is 4.90 Å². The molecule has 0 aromatic heterocycles. The lowest BCUT2D eigenvalue weighted by Crippen LogP contribution is -2.22. The molecule has 1 heterocycles. The Hall–Kier alpha value is -1.17. The van der Waals surface area contributed by atoms with Gasteiger partial charge in [-0.1, -0.05) is 6.07 Å². The van der Waals surface area contributed by atoms with Crippen molar-refractivity contribution < 1.29 is 19.3 Å². The number of benzene rings is 1. The summed E-state index contributed by atoms with van der Waals surface area (Å²) in [7, 11) is 1.42. The lowest BCUT2D eigenvalue weighted by atomic mass is 10.2. The normalized spacial score (nSPS) is 25.2. The average molecular weight is 241 g/mol. The van der Waals surface area contributed by atoms with E-state index in [0.29, 0.717) is 19.6 Å². The van der Waals surface area contributed by atoms with Gasteiger partial charge in [-0.2, -0.15) is 0 Å². The molecule has 1 aromatic rings. The molecule has 0 saturated carbocycles. The summed E-state index contributed by atoms with van der Waals surface area (Å²) in [6.45, 7) is 1.33. The van der Waals surface area contributed by atoms with E-state index >= 15 is 0 Å². The Bertz CT molecular complexity index is 389. The SMILES string of the molecule is COc1ccc(CN2C[C@@H](O)[C@@H](O)C2)cc1F. The minimum absolute atomic E-state index is 0.218. The third-order valence-electron chi connectivity index (χ3n) is 2.96. The smallest absolute Gasteiger partial charge is 0.165 e. The standard InChI is InChI=1S/C12H16FNO3/c1-17-12-3-2-8(4-9(12)13)5-14-6-10(15)11(16)7-14/h2-4,10-11,15-16H,5-7H2,1H3/t10-,11+. The van der Waals surface area contributed by atoms with Crippen LogP contribution in [0.5, 0.6) is 5.75 Å². The summed E-state index contributed by atoms with van der Waals surface area (Å²) in [6, 6.07) is 4.77. The third kappa shape index (κ3) is 2.74. The van der Waals surface area contributed by atoms with Gasteiger partial charge in [0.05, 0.1) is 19.3 Å². The van der Waals surface area contributed by atoms with Gasteiger partial charge in [0.15, 0.2) is 11.6 Å². The van der Waals surface area contributed by atoms with E-state index in [1.54, 1.807) is 12.1 Å². The van der Waals surface area contributed by atoms with Crippen LogP contribution in [0.15, 0.2) is 18.2 Å². The number of rotatable bonds is 3. The first-order chi connectivity index (χ1) is 8.10. The first-order valence-electron chi connectivity index (χ1n) is 5.51. The summed E-state index contributed by atoms with van der Waals surface area (Å²) in [5.41, 5.74) is 0.796. The van der Waals surface area contributed by atoms with Crippen molar-refractivity contribution in [2.45, 2.75) is 18.8 Å². The fourth-order valence-corrected chi connectivity index (χ4v) is 2.04. The van der Waals surface area contributed by atoms with Gasteiger partial charge in [-0.3, -0.25) is 4.90 Å². The van der Waals surface area contributed by atoms with Gasteiger partial charge in [0, 0.05) is 19.6 Å². The molecule has 0 amide bonds. The second-order valence-corrected chi connectivity index (χ2v) is 4.30. The number of methoxy groups -OCH3 is 1. The van der Waals surface area contributed by atoms with Crippen LogP contribution in [0.3, 0.4) is 0 Å². The van der Waals surface area contributed by atoms with Crippen molar-refractivity contribution in [2.24, 2.45) is 0 Å². The lowest BCUT2D eigenvalue weighted by Gasteiger charge is -2.15. The van der Waals surface area contributed by atoms with Crippen LogP contribution in [-0.4, -0.2) is 47.5 Å².